The van der Waals surface area contributed by atoms with E-state index in [4.69, 9.17) is 4.42 Å². The van der Waals surface area contributed by atoms with Crippen molar-refractivity contribution in [2.45, 2.75) is 13.8 Å². The van der Waals surface area contributed by atoms with Gasteiger partial charge in [0.25, 0.3) is 11.8 Å². The highest BCUT2D eigenvalue weighted by molar-refractivity contribution is 7.18. The van der Waals surface area contributed by atoms with E-state index < -0.39 is 0 Å². The molecule has 0 aliphatic carbocycles. The van der Waals surface area contributed by atoms with Crippen molar-refractivity contribution < 1.29 is 9.21 Å². The van der Waals surface area contributed by atoms with Crippen LogP contribution in [0, 0.1) is 13.8 Å². The molecule has 7 heteroatoms. The van der Waals surface area contributed by atoms with E-state index in [2.05, 4.69) is 20.3 Å². The second kappa shape index (κ2) is 7.13. The van der Waals surface area contributed by atoms with Crippen molar-refractivity contribution in [2.75, 3.05) is 5.32 Å². The maximum Gasteiger partial charge on any atom is 0.256 e. The van der Waals surface area contributed by atoms with E-state index in [1.165, 1.54) is 17.6 Å². The summed E-state index contributed by atoms with van der Waals surface area (Å²) in [6.07, 6.45) is 6.43. The second-order valence-electron chi connectivity index (χ2n) is 5.99. The van der Waals surface area contributed by atoms with Gasteiger partial charge in [-0.05, 0) is 43.2 Å². The molecule has 4 aromatic rings. The summed E-state index contributed by atoms with van der Waals surface area (Å²) in [6.45, 7) is 3.82. The molecule has 1 amide bonds. The van der Waals surface area contributed by atoms with Crippen molar-refractivity contribution in [2.24, 2.45) is 0 Å². The number of amides is 1. The number of carbonyl (C=O) groups is 1. The molecule has 0 saturated heterocycles. The number of oxazole rings is 1. The molecule has 3 heterocycles. The van der Waals surface area contributed by atoms with Crippen LogP contribution in [-0.4, -0.2) is 20.9 Å². The van der Waals surface area contributed by atoms with Crippen molar-refractivity contribution in [3.8, 4) is 21.3 Å². The van der Waals surface area contributed by atoms with Crippen molar-refractivity contribution >= 4 is 22.9 Å². The molecule has 0 aliphatic rings. The fraction of sp³-hybridized carbons (Fsp3) is 0.100. The molecule has 0 fully saturated rings. The molecule has 134 valence electrons. The lowest BCUT2D eigenvalue weighted by Crippen LogP contribution is -2.13. The number of nitrogens with one attached hydrogen (secondary N) is 1. The van der Waals surface area contributed by atoms with Gasteiger partial charge in [-0.25, -0.2) is 9.97 Å². The molecule has 1 N–H and O–H groups in total. The SMILES string of the molecule is Cc1cnccc1C(=O)Nc1ccc(-c2sc(-c3ncco3)nc2C)cc1. The summed E-state index contributed by atoms with van der Waals surface area (Å²) in [4.78, 5) is 26.2. The molecule has 0 aliphatic heterocycles. The maximum absolute atomic E-state index is 12.4. The number of rotatable bonds is 4. The highest BCUT2D eigenvalue weighted by Gasteiger charge is 2.14. The van der Waals surface area contributed by atoms with Gasteiger partial charge in [0.2, 0.25) is 0 Å². The Kier molecular flexibility index (Phi) is 4.52. The summed E-state index contributed by atoms with van der Waals surface area (Å²) >= 11 is 1.53. The van der Waals surface area contributed by atoms with Crippen molar-refractivity contribution in [1.82, 2.24) is 15.0 Å². The van der Waals surface area contributed by atoms with Crippen LogP contribution in [0.1, 0.15) is 21.6 Å². The van der Waals surface area contributed by atoms with Crippen molar-refractivity contribution in [3.63, 3.8) is 0 Å². The Bertz CT molecular complexity index is 1090. The first kappa shape index (κ1) is 17.1. The van der Waals surface area contributed by atoms with Gasteiger partial charge in [0.15, 0.2) is 5.01 Å². The van der Waals surface area contributed by atoms with Crippen LogP contribution in [-0.2, 0) is 0 Å². The molecule has 3 aromatic heterocycles. The number of anilines is 1. The highest BCUT2D eigenvalue weighted by atomic mass is 32.1. The van der Waals surface area contributed by atoms with Gasteiger partial charge in [-0.2, -0.15) is 0 Å². The Balaban J connectivity index is 1.55. The van der Waals surface area contributed by atoms with Crippen LogP contribution in [0.5, 0.6) is 0 Å². The largest absolute Gasteiger partial charge is 0.443 e. The van der Waals surface area contributed by atoms with Crippen molar-refractivity contribution in [3.05, 3.63) is 72.0 Å². The molecule has 0 unspecified atom stereocenters. The van der Waals surface area contributed by atoms with Crippen LogP contribution in [0.4, 0.5) is 5.69 Å². The van der Waals surface area contributed by atoms with Crippen LogP contribution in [0.25, 0.3) is 21.3 Å². The van der Waals surface area contributed by atoms with E-state index in [-0.39, 0.29) is 5.91 Å². The molecule has 4 rings (SSSR count). The minimum Gasteiger partial charge on any atom is -0.443 e. The maximum atomic E-state index is 12.4. The number of benzene rings is 1. The van der Waals surface area contributed by atoms with Gasteiger partial charge < -0.3 is 9.73 Å². The van der Waals surface area contributed by atoms with E-state index in [0.717, 1.165) is 32.4 Å². The van der Waals surface area contributed by atoms with Gasteiger partial charge in [0.05, 0.1) is 16.8 Å². The fourth-order valence-corrected chi connectivity index (χ4v) is 3.73. The monoisotopic (exact) mass is 376 g/mol. The minimum atomic E-state index is -0.150. The molecule has 6 nitrogen and oxygen atoms in total. The number of thiazole rings is 1. The number of hydrogen-bond acceptors (Lipinski definition) is 6. The number of aryl methyl sites for hydroxylation is 2. The number of carbonyl (C=O) groups excluding carboxylic acids is 1. The Hall–Kier alpha value is -3.32. The summed E-state index contributed by atoms with van der Waals surface area (Å²) in [5.74, 6) is 0.369. The summed E-state index contributed by atoms with van der Waals surface area (Å²) in [5, 5.41) is 3.66. The zero-order valence-electron chi connectivity index (χ0n) is 14.8. The number of pyridine rings is 1. The highest BCUT2D eigenvalue weighted by Crippen LogP contribution is 2.35. The number of hydrogen-bond donors (Lipinski definition) is 1. The van der Waals surface area contributed by atoms with E-state index in [9.17, 15) is 4.79 Å². The van der Waals surface area contributed by atoms with Gasteiger partial charge in [-0.3, -0.25) is 9.78 Å². The third-order valence-electron chi connectivity index (χ3n) is 4.08. The quantitative estimate of drug-likeness (QED) is 0.557. The molecule has 0 bridgehead atoms. The topological polar surface area (TPSA) is 80.9 Å². The molecule has 27 heavy (non-hydrogen) atoms. The van der Waals surface area contributed by atoms with Crippen LogP contribution < -0.4 is 5.32 Å². The standard InChI is InChI=1S/C20H16N4O2S/c1-12-11-21-8-7-16(12)18(25)24-15-5-3-14(4-6-15)17-13(2)23-20(27-17)19-22-9-10-26-19/h3-11H,1-2H3,(H,24,25). The summed E-state index contributed by atoms with van der Waals surface area (Å²) in [5.41, 5.74) is 4.13. The summed E-state index contributed by atoms with van der Waals surface area (Å²) < 4.78 is 5.32. The van der Waals surface area contributed by atoms with Gasteiger partial charge in [-0.15, -0.1) is 11.3 Å². The Labute approximate surface area is 160 Å². The predicted octanol–water partition coefficient (Wildman–Crippen LogP) is 4.73. The molecular weight excluding hydrogens is 360 g/mol. The fourth-order valence-electron chi connectivity index (χ4n) is 2.72. The van der Waals surface area contributed by atoms with Crippen molar-refractivity contribution in [1.29, 1.82) is 0 Å². The average molecular weight is 376 g/mol. The first-order chi connectivity index (χ1) is 13.1. The third-order valence-corrected chi connectivity index (χ3v) is 5.28. The molecular formula is C20H16N4O2S. The Morgan fingerprint density at radius 1 is 1.11 bits per heavy atom. The summed E-state index contributed by atoms with van der Waals surface area (Å²) in [6, 6.07) is 9.41. The van der Waals surface area contributed by atoms with E-state index in [0.29, 0.717) is 11.5 Å². The molecule has 0 atom stereocenters. The van der Waals surface area contributed by atoms with Crippen LogP contribution in [0.3, 0.4) is 0 Å². The third kappa shape index (κ3) is 3.50. The van der Waals surface area contributed by atoms with E-state index >= 15 is 0 Å². The lowest BCUT2D eigenvalue weighted by molar-refractivity contribution is 0.102. The average Bonchev–Trinajstić information content (AvgIpc) is 3.32. The first-order valence-electron chi connectivity index (χ1n) is 8.31. The van der Waals surface area contributed by atoms with Gasteiger partial charge in [-0.1, -0.05) is 12.1 Å². The smallest absolute Gasteiger partial charge is 0.256 e. The molecule has 0 saturated carbocycles. The molecule has 0 radical (unpaired) electrons. The predicted molar refractivity (Wildman–Crippen MR) is 105 cm³/mol. The first-order valence-corrected chi connectivity index (χ1v) is 9.13. The lowest BCUT2D eigenvalue weighted by Gasteiger charge is -2.08. The van der Waals surface area contributed by atoms with Gasteiger partial charge in [0.1, 0.15) is 6.26 Å². The van der Waals surface area contributed by atoms with Crippen LogP contribution >= 0.6 is 11.3 Å². The normalized spacial score (nSPS) is 10.7. The zero-order chi connectivity index (χ0) is 18.8. The minimum absolute atomic E-state index is 0.150. The summed E-state index contributed by atoms with van der Waals surface area (Å²) in [7, 11) is 0. The van der Waals surface area contributed by atoms with E-state index in [1.54, 1.807) is 24.7 Å². The lowest BCUT2D eigenvalue weighted by atomic mass is 10.1. The Morgan fingerprint density at radius 3 is 2.63 bits per heavy atom. The molecule has 1 aromatic carbocycles. The van der Waals surface area contributed by atoms with Crippen LogP contribution in [0.2, 0.25) is 0 Å². The van der Waals surface area contributed by atoms with Crippen LogP contribution in [0.15, 0.2) is 59.6 Å². The molecule has 0 spiro atoms. The van der Waals surface area contributed by atoms with Gasteiger partial charge >= 0.3 is 0 Å². The zero-order valence-corrected chi connectivity index (χ0v) is 15.6. The second-order valence-corrected chi connectivity index (χ2v) is 6.99. The number of aromatic nitrogens is 3. The van der Waals surface area contributed by atoms with Gasteiger partial charge in [0, 0.05) is 23.6 Å². The van der Waals surface area contributed by atoms with E-state index in [1.807, 2.05) is 38.1 Å². The Morgan fingerprint density at radius 2 is 1.93 bits per heavy atom. The number of nitrogens with zero attached hydrogens (tertiary/aromatic N) is 3.